The molecule has 1 aromatic carbocycles. The maximum atomic E-state index is 11.7. The first-order valence-corrected chi connectivity index (χ1v) is 4.97. The van der Waals surface area contributed by atoms with E-state index < -0.39 is 5.60 Å². The van der Waals surface area contributed by atoms with Crippen LogP contribution in [0.25, 0.3) is 0 Å². The van der Waals surface area contributed by atoms with Gasteiger partial charge >= 0.3 is 5.97 Å². The minimum atomic E-state index is -0.898. The molecule has 3 nitrogen and oxygen atoms in total. The zero-order valence-corrected chi connectivity index (χ0v) is 9.32. The standard InChI is InChI=1S/C12H16O3/c1-4-14-12(2,3)11(13)15-10-8-6-5-7-9-10/h5-9H,4H2,1-3H3. The highest BCUT2D eigenvalue weighted by molar-refractivity contribution is 5.80. The van der Waals surface area contributed by atoms with E-state index >= 15 is 0 Å². The molecule has 0 radical (unpaired) electrons. The van der Waals surface area contributed by atoms with Gasteiger partial charge in [0.2, 0.25) is 0 Å². The molecule has 3 heteroatoms. The zero-order valence-electron chi connectivity index (χ0n) is 9.32. The predicted octanol–water partition coefficient (Wildman–Crippen LogP) is 2.41. The van der Waals surface area contributed by atoms with E-state index in [1.54, 1.807) is 26.0 Å². The molecule has 0 spiro atoms. The number of esters is 1. The van der Waals surface area contributed by atoms with Gasteiger partial charge in [0.25, 0.3) is 0 Å². The molecule has 1 rings (SSSR count). The van der Waals surface area contributed by atoms with Crippen molar-refractivity contribution in [1.82, 2.24) is 0 Å². The molecule has 0 unspecified atom stereocenters. The number of rotatable bonds is 4. The third-order valence-electron chi connectivity index (χ3n) is 1.95. The molecule has 0 bridgehead atoms. The van der Waals surface area contributed by atoms with Crippen LogP contribution in [0.2, 0.25) is 0 Å². The second kappa shape index (κ2) is 4.94. The van der Waals surface area contributed by atoms with E-state index in [2.05, 4.69) is 0 Å². The number of hydrogen-bond acceptors (Lipinski definition) is 3. The van der Waals surface area contributed by atoms with Gasteiger partial charge in [-0.3, -0.25) is 0 Å². The van der Waals surface area contributed by atoms with Gasteiger partial charge in [0.15, 0.2) is 5.60 Å². The van der Waals surface area contributed by atoms with Crippen LogP contribution in [0.5, 0.6) is 5.75 Å². The Morgan fingerprint density at radius 1 is 1.27 bits per heavy atom. The van der Waals surface area contributed by atoms with Crippen molar-refractivity contribution in [3.8, 4) is 5.75 Å². The minimum Gasteiger partial charge on any atom is -0.424 e. The molecule has 0 heterocycles. The Balaban J connectivity index is 2.63. The Morgan fingerprint density at radius 3 is 2.40 bits per heavy atom. The van der Waals surface area contributed by atoms with Crippen LogP contribution in [-0.2, 0) is 9.53 Å². The van der Waals surface area contributed by atoms with Gasteiger partial charge < -0.3 is 9.47 Å². The van der Waals surface area contributed by atoms with Gasteiger partial charge in [-0.1, -0.05) is 18.2 Å². The van der Waals surface area contributed by atoms with Crippen LogP contribution in [-0.4, -0.2) is 18.2 Å². The van der Waals surface area contributed by atoms with Crippen molar-refractivity contribution in [2.24, 2.45) is 0 Å². The summed E-state index contributed by atoms with van der Waals surface area (Å²) in [5.41, 5.74) is -0.898. The molecule has 0 fully saturated rings. The van der Waals surface area contributed by atoms with Crippen molar-refractivity contribution in [3.05, 3.63) is 30.3 Å². The Labute approximate surface area is 90.0 Å². The van der Waals surface area contributed by atoms with Crippen molar-refractivity contribution in [2.45, 2.75) is 26.4 Å². The Bertz CT molecular complexity index is 317. The summed E-state index contributed by atoms with van der Waals surface area (Å²) in [6.45, 7) is 5.72. The first-order valence-electron chi connectivity index (χ1n) is 4.97. The van der Waals surface area contributed by atoms with Crippen LogP contribution >= 0.6 is 0 Å². The summed E-state index contributed by atoms with van der Waals surface area (Å²) < 4.78 is 10.5. The molecule has 82 valence electrons. The molecule has 0 amide bonds. The van der Waals surface area contributed by atoms with Crippen LogP contribution in [0, 0.1) is 0 Å². The molecule has 0 saturated heterocycles. The number of carbonyl (C=O) groups is 1. The summed E-state index contributed by atoms with van der Waals surface area (Å²) in [5, 5.41) is 0. The fraction of sp³-hybridized carbons (Fsp3) is 0.417. The van der Waals surface area contributed by atoms with Gasteiger partial charge in [0.05, 0.1) is 0 Å². The Morgan fingerprint density at radius 2 is 1.87 bits per heavy atom. The largest absolute Gasteiger partial charge is 0.424 e. The SMILES string of the molecule is CCOC(C)(C)C(=O)Oc1ccccc1. The van der Waals surface area contributed by atoms with Gasteiger partial charge in [-0.2, -0.15) is 0 Å². The van der Waals surface area contributed by atoms with E-state index in [9.17, 15) is 4.79 Å². The number of ether oxygens (including phenoxy) is 2. The van der Waals surface area contributed by atoms with Crippen LogP contribution in [0.1, 0.15) is 20.8 Å². The molecular formula is C12H16O3. The predicted molar refractivity (Wildman–Crippen MR) is 57.8 cm³/mol. The molecule has 0 N–H and O–H groups in total. The lowest BCUT2D eigenvalue weighted by atomic mass is 10.1. The van der Waals surface area contributed by atoms with Crippen molar-refractivity contribution in [3.63, 3.8) is 0 Å². The maximum Gasteiger partial charge on any atom is 0.343 e. The molecule has 1 aromatic rings. The van der Waals surface area contributed by atoms with E-state index in [0.717, 1.165) is 0 Å². The molecule has 0 aromatic heterocycles. The summed E-state index contributed by atoms with van der Waals surface area (Å²) in [5.74, 6) is 0.158. The topological polar surface area (TPSA) is 35.5 Å². The normalized spacial score (nSPS) is 11.1. The van der Waals surface area contributed by atoms with Crippen molar-refractivity contribution < 1.29 is 14.3 Å². The summed E-state index contributed by atoms with van der Waals surface area (Å²) in [7, 11) is 0. The van der Waals surface area contributed by atoms with Crippen molar-refractivity contribution in [1.29, 1.82) is 0 Å². The van der Waals surface area contributed by atoms with Crippen molar-refractivity contribution >= 4 is 5.97 Å². The Hall–Kier alpha value is -1.35. The summed E-state index contributed by atoms with van der Waals surface area (Å²) in [6.07, 6.45) is 0. The highest BCUT2D eigenvalue weighted by atomic mass is 16.6. The first kappa shape index (κ1) is 11.7. The monoisotopic (exact) mass is 208 g/mol. The third-order valence-corrected chi connectivity index (χ3v) is 1.95. The summed E-state index contributed by atoms with van der Waals surface area (Å²) >= 11 is 0. The van der Waals surface area contributed by atoms with Crippen molar-refractivity contribution in [2.75, 3.05) is 6.61 Å². The van der Waals surface area contributed by atoms with Crippen LogP contribution < -0.4 is 4.74 Å². The van der Waals surface area contributed by atoms with Crippen LogP contribution in [0.4, 0.5) is 0 Å². The lowest BCUT2D eigenvalue weighted by Crippen LogP contribution is -2.38. The van der Waals surface area contributed by atoms with E-state index in [-0.39, 0.29) is 5.97 Å². The fourth-order valence-electron chi connectivity index (χ4n) is 1.14. The molecule has 0 aliphatic carbocycles. The maximum absolute atomic E-state index is 11.7. The molecular weight excluding hydrogens is 192 g/mol. The highest BCUT2D eigenvalue weighted by Gasteiger charge is 2.30. The molecule has 0 saturated carbocycles. The third kappa shape index (κ3) is 3.36. The molecule has 0 aliphatic heterocycles. The molecule has 15 heavy (non-hydrogen) atoms. The van der Waals surface area contributed by atoms with Gasteiger partial charge in [-0.15, -0.1) is 0 Å². The van der Waals surface area contributed by atoms with Gasteiger partial charge in [-0.05, 0) is 32.9 Å². The second-order valence-electron chi connectivity index (χ2n) is 3.65. The zero-order chi connectivity index (χ0) is 11.3. The number of benzene rings is 1. The van der Waals surface area contributed by atoms with Crippen LogP contribution in [0.3, 0.4) is 0 Å². The lowest BCUT2D eigenvalue weighted by Gasteiger charge is -2.21. The van der Waals surface area contributed by atoms with E-state index in [1.807, 2.05) is 25.1 Å². The molecule has 0 atom stereocenters. The van der Waals surface area contributed by atoms with Gasteiger partial charge in [-0.25, -0.2) is 4.79 Å². The van der Waals surface area contributed by atoms with Gasteiger partial charge in [0.1, 0.15) is 5.75 Å². The average molecular weight is 208 g/mol. The number of carbonyl (C=O) groups excluding carboxylic acids is 1. The first-order chi connectivity index (χ1) is 7.06. The lowest BCUT2D eigenvalue weighted by molar-refractivity contribution is -0.157. The van der Waals surface area contributed by atoms with Gasteiger partial charge in [0, 0.05) is 6.61 Å². The number of para-hydroxylation sites is 1. The average Bonchev–Trinajstić information content (AvgIpc) is 2.19. The summed E-state index contributed by atoms with van der Waals surface area (Å²) in [4.78, 5) is 11.7. The highest BCUT2D eigenvalue weighted by Crippen LogP contribution is 2.15. The summed E-state index contributed by atoms with van der Waals surface area (Å²) in [6, 6.07) is 8.97. The fourth-order valence-corrected chi connectivity index (χ4v) is 1.14. The van der Waals surface area contributed by atoms with E-state index in [0.29, 0.717) is 12.4 Å². The number of hydrogen-bond donors (Lipinski definition) is 0. The Kier molecular flexibility index (Phi) is 3.86. The second-order valence-corrected chi connectivity index (χ2v) is 3.65. The van der Waals surface area contributed by atoms with E-state index in [4.69, 9.17) is 9.47 Å². The molecule has 0 aliphatic rings. The smallest absolute Gasteiger partial charge is 0.343 e. The van der Waals surface area contributed by atoms with Crippen LogP contribution in [0.15, 0.2) is 30.3 Å². The quantitative estimate of drug-likeness (QED) is 0.563. The minimum absolute atomic E-state index is 0.379. The van der Waals surface area contributed by atoms with E-state index in [1.165, 1.54) is 0 Å².